The van der Waals surface area contributed by atoms with Gasteiger partial charge in [-0.3, -0.25) is 4.90 Å². The van der Waals surface area contributed by atoms with Crippen molar-refractivity contribution < 1.29 is 9.84 Å². The van der Waals surface area contributed by atoms with Crippen LogP contribution in [0.5, 0.6) is 5.75 Å². The summed E-state index contributed by atoms with van der Waals surface area (Å²) in [5, 5.41) is 9.54. The molecule has 1 saturated heterocycles. The third-order valence-corrected chi connectivity index (χ3v) is 5.61. The van der Waals surface area contributed by atoms with E-state index in [1.807, 2.05) is 0 Å². The lowest BCUT2D eigenvalue weighted by atomic mass is 9.87. The Morgan fingerprint density at radius 1 is 1.32 bits per heavy atom. The van der Waals surface area contributed by atoms with Gasteiger partial charge < -0.3 is 9.84 Å². The molecule has 1 aromatic carbocycles. The predicted octanol–water partition coefficient (Wildman–Crippen LogP) is 3.15. The van der Waals surface area contributed by atoms with Gasteiger partial charge in [0.2, 0.25) is 0 Å². The van der Waals surface area contributed by atoms with Crippen LogP contribution in [0, 0.1) is 20.8 Å². The Balaban J connectivity index is 1.83. The van der Waals surface area contributed by atoms with Gasteiger partial charge in [0.25, 0.3) is 0 Å². The van der Waals surface area contributed by atoms with Gasteiger partial charge in [0.05, 0.1) is 6.61 Å². The summed E-state index contributed by atoms with van der Waals surface area (Å²) in [5.41, 5.74) is 5.20. The van der Waals surface area contributed by atoms with E-state index in [0.29, 0.717) is 6.04 Å². The quantitative estimate of drug-likeness (QED) is 0.931. The molecule has 3 rings (SSSR count). The number of aliphatic hydroxyl groups excluding tert-OH is 1. The second-order valence-electron chi connectivity index (χ2n) is 7.44. The zero-order valence-corrected chi connectivity index (χ0v) is 14.4. The third-order valence-electron chi connectivity index (χ3n) is 5.61. The second-order valence-corrected chi connectivity index (χ2v) is 7.44. The van der Waals surface area contributed by atoms with Crippen LogP contribution in [0.1, 0.15) is 48.4 Å². The van der Waals surface area contributed by atoms with E-state index in [2.05, 4.69) is 38.7 Å². The van der Waals surface area contributed by atoms with Crippen molar-refractivity contribution in [3.8, 4) is 5.75 Å². The fourth-order valence-electron chi connectivity index (χ4n) is 4.09. The average Bonchev–Trinajstić information content (AvgIpc) is 2.91. The zero-order chi connectivity index (χ0) is 15.9. The molecule has 3 nitrogen and oxygen atoms in total. The number of likely N-dealkylation sites (tertiary alicyclic amines) is 1. The molecule has 0 aromatic heterocycles. The van der Waals surface area contributed by atoms with Gasteiger partial charge in [0, 0.05) is 12.6 Å². The first-order chi connectivity index (χ1) is 10.4. The molecule has 2 atom stereocenters. The molecule has 2 unspecified atom stereocenters. The Morgan fingerprint density at radius 2 is 2.09 bits per heavy atom. The van der Waals surface area contributed by atoms with Gasteiger partial charge in [-0.1, -0.05) is 6.07 Å². The number of aliphatic hydroxyl groups is 1. The van der Waals surface area contributed by atoms with E-state index in [1.165, 1.54) is 28.7 Å². The van der Waals surface area contributed by atoms with Crippen LogP contribution >= 0.6 is 0 Å². The molecule has 122 valence electrons. The van der Waals surface area contributed by atoms with E-state index in [4.69, 9.17) is 4.74 Å². The van der Waals surface area contributed by atoms with Gasteiger partial charge in [-0.15, -0.1) is 0 Å². The standard InChI is InChI=1S/C19H29NO2/c1-13-10-14(2)17-7-8-19(4,22-18(17)15(13)3)12-20-9-5-6-16(20)11-21/h10,16,21H,5-9,11-12H2,1-4H3. The smallest absolute Gasteiger partial charge is 0.126 e. The van der Waals surface area contributed by atoms with Crippen molar-refractivity contribution in [1.82, 2.24) is 4.90 Å². The first kappa shape index (κ1) is 15.8. The highest BCUT2D eigenvalue weighted by Crippen LogP contribution is 2.39. The molecular weight excluding hydrogens is 274 g/mol. The normalized spacial score (nSPS) is 28.5. The van der Waals surface area contributed by atoms with Crippen molar-refractivity contribution in [2.24, 2.45) is 0 Å². The zero-order valence-electron chi connectivity index (χ0n) is 14.4. The van der Waals surface area contributed by atoms with Crippen LogP contribution in [0.15, 0.2) is 6.07 Å². The van der Waals surface area contributed by atoms with Crippen molar-refractivity contribution in [2.45, 2.75) is 65.0 Å². The molecule has 0 bridgehead atoms. The molecule has 1 N–H and O–H groups in total. The molecule has 2 aliphatic heterocycles. The number of hydrogen-bond acceptors (Lipinski definition) is 3. The van der Waals surface area contributed by atoms with Crippen molar-refractivity contribution in [1.29, 1.82) is 0 Å². The summed E-state index contributed by atoms with van der Waals surface area (Å²) in [7, 11) is 0. The number of ether oxygens (including phenoxy) is 1. The molecule has 0 saturated carbocycles. The topological polar surface area (TPSA) is 32.7 Å². The Hall–Kier alpha value is -1.06. The summed E-state index contributed by atoms with van der Waals surface area (Å²) in [4.78, 5) is 2.42. The maximum absolute atomic E-state index is 9.54. The maximum atomic E-state index is 9.54. The third kappa shape index (κ3) is 2.77. The monoisotopic (exact) mass is 303 g/mol. The first-order valence-electron chi connectivity index (χ1n) is 8.57. The molecule has 2 heterocycles. The molecule has 0 radical (unpaired) electrons. The Labute approximate surface area is 134 Å². The summed E-state index contributed by atoms with van der Waals surface area (Å²) in [6, 6.07) is 2.60. The van der Waals surface area contributed by atoms with E-state index in [1.54, 1.807) is 0 Å². The minimum absolute atomic E-state index is 0.143. The summed E-state index contributed by atoms with van der Waals surface area (Å²) in [6.07, 6.45) is 4.45. The molecule has 1 fully saturated rings. The van der Waals surface area contributed by atoms with Crippen molar-refractivity contribution in [3.05, 3.63) is 28.3 Å². The Kier molecular flexibility index (Phi) is 4.21. The molecular formula is C19H29NO2. The van der Waals surface area contributed by atoms with Crippen molar-refractivity contribution >= 4 is 0 Å². The summed E-state index contributed by atoms with van der Waals surface area (Å²) in [6.45, 7) is 11.0. The number of aryl methyl sites for hydroxylation is 2. The van der Waals surface area contributed by atoms with E-state index in [9.17, 15) is 5.11 Å². The van der Waals surface area contributed by atoms with Gasteiger partial charge in [-0.25, -0.2) is 0 Å². The number of rotatable bonds is 3. The molecule has 22 heavy (non-hydrogen) atoms. The van der Waals surface area contributed by atoms with Crippen molar-refractivity contribution in [3.63, 3.8) is 0 Å². The van der Waals surface area contributed by atoms with Crippen LogP contribution in [0.2, 0.25) is 0 Å². The fraction of sp³-hybridized carbons (Fsp3) is 0.684. The highest BCUT2D eigenvalue weighted by molar-refractivity contribution is 5.51. The van der Waals surface area contributed by atoms with E-state index < -0.39 is 0 Å². The van der Waals surface area contributed by atoms with Crippen LogP contribution in [0.3, 0.4) is 0 Å². The minimum atomic E-state index is -0.143. The Bertz CT molecular complexity index is 569. The van der Waals surface area contributed by atoms with Crippen LogP contribution in [0.4, 0.5) is 0 Å². The van der Waals surface area contributed by atoms with E-state index in [-0.39, 0.29) is 12.2 Å². The van der Waals surface area contributed by atoms with Crippen LogP contribution in [-0.4, -0.2) is 41.3 Å². The Morgan fingerprint density at radius 3 is 2.82 bits per heavy atom. The number of fused-ring (bicyclic) bond motifs is 1. The second kappa shape index (κ2) is 5.86. The number of benzene rings is 1. The average molecular weight is 303 g/mol. The molecule has 1 aromatic rings. The summed E-state index contributed by atoms with van der Waals surface area (Å²) in [5.74, 6) is 1.12. The number of hydrogen-bond donors (Lipinski definition) is 1. The van der Waals surface area contributed by atoms with Crippen LogP contribution < -0.4 is 4.74 Å². The highest BCUT2D eigenvalue weighted by atomic mass is 16.5. The SMILES string of the molecule is Cc1cc(C)c2c(c1C)OC(C)(CN1CCCC1CO)CC2. The molecule has 2 aliphatic rings. The fourth-order valence-corrected chi connectivity index (χ4v) is 4.09. The molecule has 3 heteroatoms. The highest BCUT2D eigenvalue weighted by Gasteiger charge is 2.37. The molecule has 0 spiro atoms. The predicted molar refractivity (Wildman–Crippen MR) is 89.7 cm³/mol. The largest absolute Gasteiger partial charge is 0.486 e. The van der Waals surface area contributed by atoms with Gasteiger partial charge in [-0.05, 0) is 82.2 Å². The van der Waals surface area contributed by atoms with E-state index in [0.717, 1.165) is 38.1 Å². The van der Waals surface area contributed by atoms with E-state index >= 15 is 0 Å². The van der Waals surface area contributed by atoms with Crippen LogP contribution in [-0.2, 0) is 6.42 Å². The summed E-state index contributed by atoms with van der Waals surface area (Å²) < 4.78 is 6.54. The summed E-state index contributed by atoms with van der Waals surface area (Å²) >= 11 is 0. The van der Waals surface area contributed by atoms with Crippen molar-refractivity contribution in [2.75, 3.05) is 19.7 Å². The minimum Gasteiger partial charge on any atom is -0.486 e. The number of nitrogens with zero attached hydrogens (tertiary/aromatic N) is 1. The van der Waals surface area contributed by atoms with Gasteiger partial charge in [0.1, 0.15) is 11.4 Å². The van der Waals surface area contributed by atoms with Gasteiger partial charge in [-0.2, -0.15) is 0 Å². The lowest BCUT2D eigenvalue weighted by Crippen LogP contribution is -2.49. The lowest BCUT2D eigenvalue weighted by molar-refractivity contribution is 0.0132. The lowest BCUT2D eigenvalue weighted by Gasteiger charge is -2.41. The first-order valence-corrected chi connectivity index (χ1v) is 8.57. The van der Waals surface area contributed by atoms with Crippen LogP contribution in [0.25, 0.3) is 0 Å². The molecule has 0 aliphatic carbocycles. The van der Waals surface area contributed by atoms with Gasteiger partial charge >= 0.3 is 0 Å². The van der Waals surface area contributed by atoms with Gasteiger partial charge in [0.15, 0.2) is 0 Å². The maximum Gasteiger partial charge on any atom is 0.126 e. The molecule has 0 amide bonds.